The Morgan fingerprint density at radius 2 is 2.20 bits per heavy atom. The van der Waals surface area contributed by atoms with Crippen molar-refractivity contribution in [1.29, 1.82) is 0 Å². The molecule has 1 aliphatic rings. The monoisotopic (exact) mass is 277 g/mol. The molecule has 1 atom stereocenters. The van der Waals surface area contributed by atoms with Crippen LogP contribution in [0.25, 0.3) is 0 Å². The van der Waals surface area contributed by atoms with Crippen LogP contribution in [0.15, 0.2) is 24.3 Å². The number of carbonyl (C=O) groups is 2. The van der Waals surface area contributed by atoms with E-state index in [1.165, 1.54) is 0 Å². The molecule has 0 saturated carbocycles. The van der Waals surface area contributed by atoms with Gasteiger partial charge in [0, 0.05) is 18.8 Å². The third-order valence-corrected chi connectivity index (χ3v) is 3.19. The Morgan fingerprint density at radius 1 is 1.40 bits per heavy atom. The number of hydrogen-bond donors (Lipinski definition) is 3. The van der Waals surface area contributed by atoms with E-state index in [4.69, 9.17) is 10.5 Å². The molecule has 1 aliphatic heterocycles. The number of ether oxygens (including phenoxy) is 1. The second-order valence-corrected chi connectivity index (χ2v) is 4.67. The van der Waals surface area contributed by atoms with Gasteiger partial charge in [0.15, 0.2) is 0 Å². The lowest BCUT2D eigenvalue weighted by Gasteiger charge is -2.25. The predicted octanol–water partition coefficient (Wildman–Crippen LogP) is 0.204. The average molecular weight is 277 g/mol. The molecule has 1 heterocycles. The molecule has 108 valence electrons. The molecule has 2 rings (SSSR count). The number of benzene rings is 1. The highest BCUT2D eigenvalue weighted by Crippen LogP contribution is 2.31. The first-order valence-corrected chi connectivity index (χ1v) is 6.65. The summed E-state index contributed by atoms with van der Waals surface area (Å²) in [7, 11) is 0. The normalized spacial score (nSPS) is 16.9. The molecule has 4 N–H and O–H groups in total. The molecule has 6 heteroatoms. The smallest absolute Gasteiger partial charge is 0.243 e. The number of hydrogen-bond acceptors (Lipinski definition) is 4. The number of para-hydroxylation sites is 1. The van der Waals surface area contributed by atoms with Crippen LogP contribution < -0.4 is 16.4 Å². The minimum Gasteiger partial charge on any atom is -0.385 e. The molecule has 0 radical (unpaired) electrons. The zero-order valence-corrected chi connectivity index (χ0v) is 11.2. The van der Waals surface area contributed by atoms with Crippen LogP contribution in [0.5, 0.6) is 0 Å². The van der Waals surface area contributed by atoms with Crippen molar-refractivity contribution in [2.45, 2.75) is 12.3 Å². The van der Waals surface area contributed by atoms with Crippen LogP contribution in [0, 0.1) is 0 Å². The fourth-order valence-corrected chi connectivity index (χ4v) is 2.28. The Bertz CT molecular complexity index is 490. The van der Waals surface area contributed by atoms with Crippen LogP contribution in [0.1, 0.15) is 17.9 Å². The van der Waals surface area contributed by atoms with Crippen molar-refractivity contribution in [3.05, 3.63) is 29.8 Å². The molecule has 1 aromatic rings. The first-order valence-electron chi connectivity index (χ1n) is 6.65. The van der Waals surface area contributed by atoms with Crippen LogP contribution in [0.2, 0.25) is 0 Å². The summed E-state index contributed by atoms with van der Waals surface area (Å²) in [6.45, 7) is 1.32. The number of amides is 2. The molecular formula is C14H19N3O3. The Morgan fingerprint density at radius 3 is 3.00 bits per heavy atom. The second-order valence-electron chi connectivity index (χ2n) is 4.67. The average Bonchev–Trinajstić information content (AvgIpc) is 2.45. The van der Waals surface area contributed by atoms with Crippen molar-refractivity contribution in [2.75, 3.05) is 31.6 Å². The van der Waals surface area contributed by atoms with Crippen molar-refractivity contribution in [2.24, 2.45) is 5.73 Å². The number of primary amides is 1. The fraction of sp³-hybridized carbons (Fsp3) is 0.429. The SMILES string of the molecule is NC(=O)COCCNC(=O)C1CCNc2ccccc21. The molecule has 0 aliphatic carbocycles. The van der Waals surface area contributed by atoms with Gasteiger partial charge in [0.1, 0.15) is 6.61 Å². The Balaban J connectivity index is 1.83. The molecular weight excluding hydrogens is 258 g/mol. The van der Waals surface area contributed by atoms with Crippen LogP contribution >= 0.6 is 0 Å². The quantitative estimate of drug-likeness (QED) is 0.648. The van der Waals surface area contributed by atoms with Crippen LogP contribution in [-0.4, -0.2) is 38.1 Å². The summed E-state index contributed by atoms with van der Waals surface area (Å²) in [6.07, 6.45) is 0.769. The van der Waals surface area contributed by atoms with Gasteiger partial charge in [-0.2, -0.15) is 0 Å². The number of rotatable bonds is 6. The van der Waals surface area contributed by atoms with Gasteiger partial charge in [-0.25, -0.2) is 0 Å². The first-order chi connectivity index (χ1) is 9.68. The number of nitrogens with two attached hydrogens (primary N) is 1. The summed E-state index contributed by atoms with van der Waals surface area (Å²) in [4.78, 5) is 22.7. The maximum Gasteiger partial charge on any atom is 0.243 e. The summed E-state index contributed by atoms with van der Waals surface area (Å²) in [5.41, 5.74) is 6.99. The van der Waals surface area contributed by atoms with E-state index in [0.29, 0.717) is 6.54 Å². The molecule has 2 amide bonds. The molecule has 0 saturated heterocycles. The summed E-state index contributed by atoms with van der Waals surface area (Å²) >= 11 is 0. The van der Waals surface area contributed by atoms with E-state index in [-0.39, 0.29) is 25.0 Å². The Labute approximate surface area is 117 Å². The zero-order valence-electron chi connectivity index (χ0n) is 11.2. The van der Waals surface area contributed by atoms with Crippen molar-refractivity contribution in [3.8, 4) is 0 Å². The van der Waals surface area contributed by atoms with E-state index in [9.17, 15) is 9.59 Å². The number of nitrogens with one attached hydrogen (secondary N) is 2. The van der Waals surface area contributed by atoms with Gasteiger partial charge in [-0.1, -0.05) is 18.2 Å². The minimum atomic E-state index is -0.511. The fourth-order valence-electron chi connectivity index (χ4n) is 2.28. The Kier molecular flexibility index (Phi) is 4.95. The summed E-state index contributed by atoms with van der Waals surface area (Å²) in [5, 5.41) is 6.10. The highest BCUT2D eigenvalue weighted by molar-refractivity contribution is 5.86. The lowest BCUT2D eigenvalue weighted by Crippen LogP contribution is -2.35. The van der Waals surface area contributed by atoms with Crippen LogP contribution in [0.3, 0.4) is 0 Å². The van der Waals surface area contributed by atoms with E-state index < -0.39 is 5.91 Å². The van der Waals surface area contributed by atoms with E-state index in [1.807, 2.05) is 24.3 Å². The van der Waals surface area contributed by atoms with Gasteiger partial charge in [0.2, 0.25) is 11.8 Å². The second kappa shape index (κ2) is 6.91. The molecule has 0 bridgehead atoms. The molecule has 0 aromatic heterocycles. The van der Waals surface area contributed by atoms with Gasteiger partial charge in [-0.3, -0.25) is 9.59 Å². The molecule has 20 heavy (non-hydrogen) atoms. The summed E-state index contributed by atoms with van der Waals surface area (Å²) in [6, 6.07) is 7.83. The lowest BCUT2D eigenvalue weighted by molar-refractivity contribution is -0.123. The third-order valence-electron chi connectivity index (χ3n) is 3.19. The first kappa shape index (κ1) is 14.3. The molecule has 0 fully saturated rings. The minimum absolute atomic E-state index is 0.0124. The van der Waals surface area contributed by atoms with E-state index in [2.05, 4.69) is 10.6 Å². The number of fused-ring (bicyclic) bond motifs is 1. The van der Waals surface area contributed by atoms with Crippen molar-refractivity contribution >= 4 is 17.5 Å². The van der Waals surface area contributed by atoms with Crippen molar-refractivity contribution < 1.29 is 14.3 Å². The zero-order chi connectivity index (χ0) is 14.4. The molecule has 1 aromatic carbocycles. The standard InChI is InChI=1S/C14H19N3O3/c15-13(18)9-20-8-7-17-14(19)11-5-6-16-12-4-2-1-3-10(11)12/h1-4,11,16H,5-9H2,(H2,15,18)(H,17,19). The molecule has 1 unspecified atom stereocenters. The van der Waals surface area contributed by atoms with Gasteiger partial charge in [0.05, 0.1) is 12.5 Å². The van der Waals surface area contributed by atoms with Gasteiger partial charge in [-0.05, 0) is 18.1 Å². The third kappa shape index (κ3) is 3.71. The summed E-state index contributed by atoms with van der Waals surface area (Å²) in [5.74, 6) is -0.658. The van der Waals surface area contributed by atoms with Gasteiger partial charge < -0.3 is 21.1 Å². The molecule has 0 spiro atoms. The largest absolute Gasteiger partial charge is 0.385 e. The molecule has 6 nitrogen and oxygen atoms in total. The van der Waals surface area contributed by atoms with E-state index in [0.717, 1.165) is 24.2 Å². The summed E-state index contributed by atoms with van der Waals surface area (Å²) < 4.78 is 5.00. The Hall–Kier alpha value is -2.08. The number of anilines is 1. The van der Waals surface area contributed by atoms with Crippen LogP contribution in [-0.2, 0) is 14.3 Å². The van der Waals surface area contributed by atoms with E-state index in [1.54, 1.807) is 0 Å². The van der Waals surface area contributed by atoms with Crippen LogP contribution in [0.4, 0.5) is 5.69 Å². The van der Waals surface area contributed by atoms with Gasteiger partial charge in [0.25, 0.3) is 0 Å². The predicted molar refractivity (Wildman–Crippen MR) is 75.3 cm³/mol. The highest BCUT2D eigenvalue weighted by Gasteiger charge is 2.25. The maximum absolute atomic E-state index is 12.2. The van der Waals surface area contributed by atoms with E-state index >= 15 is 0 Å². The lowest BCUT2D eigenvalue weighted by atomic mass is 9.90. The topological polar surface area (TPSA) is 93.5 Å². The maximum atomic E-state index is 12.2. The van der Waals surface area contributed by atoms with Gasteiger partial charge >= 0.3 is 0 Å². The van der Waals surface area contributed by atoms with Crippen molar-refractivity contribution in [1.82, 2.24) is 5.32 Å². The number of carbonyl (C=O) groups excluding carboxylic acids is 2. The van der Waals surface area contributed by atoms with Gasteiger partial charge in [-0.15, -0.1) is 0 Å². The highest BCUT2D eigenvalue weighted by atomic mass is 16.5. The van der Waals surface area contributed by atoms with Crippen molar-refractivity contribution in [3.63, 3.8) is 0 Å².